The molecular formula is C26H31Cl2FN4O3. The number of hydrogen-bond donors (Lipinski definition) is 3. The second-order valence-corrected chi connectivity index (χ2v) is 11.6. The molecule has 7 nitrogen and oxygen atoms in total. The summed E-state index contributed by atoms with van der Waals surface area (Å²) in [6.07, 6.45) is 1.45. The van der Waals surface area contributed by atoms with E-state index in [-0.39, 0.29) is 36.3 Å². The Balaban J connectivity index is 1.84. The summed E-state index contributed by atoms with van der Waals surface area (Å²) < 4.78 is 21.7. The van der Waals surface area contributed by atoms with Gasteiger partial charge in [-0.1, -0.05) is 44.0 Å². The summed E-state index contributed by atoms with van der Waals surface area (Å²) in [4.78, 5) is 16.2. The molecule has 2 unspecified atom stereocenters. The van der Waals surface area contributed by atoms with Gasteiger partial charge in [-0.15, -0.1) is 0 Å². The van der Waals surface area contributed by atoms with Gasteiger partial charge in [0.15, 0.2) is 0 Å². The minimum Gasteiger partial charge on any atom is -0.449 e. The van der Waals surface area contributed by atoms with Gasteiger partial charge in [0.2, 0.25) is 0 Å². The highest BCUT2D eigenvalue weighted by atomic mass is 35.5. The largest absolute Gasteiger partial charge is 0.449 e. The van der Waals surface area contributed by atoms with Crippen LogP contribution in [0.4, 0.5) is 14.9 Å². The monoisotopic (exact) mass is 536 g/mol. The zero-order chi connectivity index (χ0) is 26.3. The number of rotatable bonds is 8. The highest BCUT2D eigenvalue weighted by Gasteiger charge is 2.50. The fourth-order valence-electron chi connectivity index (χ4n) is 5.44. The Hall–Kier alpha value is -2.55. The lowest BCUT2D eigenvalue weighted by Crippen LogP contribution is -2.48. The number of nitrogens with two attached hydrogens (primary N) is 1. The standard InChI is InChI=1S/C26H31Cl2FN4O3/c1-25(2,3)9-15(11-33-14-32-22-7-19(27)20(28)8-23(22)33)26(12-34,13-36-24(30)35)18-10-31-21-5-4-16(29)6-17(18)21/h4-8,14-15,18,31,34H,9-13H2,1-3H3,(H2,30,35)/t15-,18?,26?/m0/s1. The van der Waals surface area contributed by atoms with Crippen molar-refractivity contribution in [2.45, 2.75) is 39.7 Å². The molecule has 2 heterocycles. The Morgan fingerprint density at radius 3 is 2.69 bits per heavy atom. The van der Waals surface area contributed by atoms with Crippen LogP contribution in [0.5, 0.6) is 0 Å². The first-order chi connectivity index (χ1) is 16.9. The number of imidazole rings is 1. The molecule has 0 bridgehead atoms. The van der Waals surface area contributed by atoms with Crippen molar-refractivity contribution in [1.82, 2.24) is 9.55 Å². The van der Waals surface area contributed by atoms with Gasteiger partial charge in [-0.25, -0.2) is 14.2 Å². The van der Waals surface area contributed by atoms with E-state index in [2.05, 4.69) is 31.1 Å². The molecule has 36 heavy (non-hydrogen) atoms. The first kappa shape index (κ1) is 26.5. The number of ether oxygens (including phenoxy) is 1. The Morgan fingerprint density at radius 2 is 2.03 bits per heavy atom. The normalized spacial score (nSPS) is 17.9. The minimum atomic E-state index is -0.971. The number of carbonyl (C=O) groups is 1. The third kappa shape index (κ3) is 5.26. The fourth-order valence-corrected chi connectivity index (χ4v) is 5.75. The van der Waals surface area contributed by atoms with E-state index >= 15 is 0 Å². The Bertz CT molecular complexity index is 1280. The summed E-state index contributed by atoms with van der Waals surface area (Å²) >= 11 is 12.5. The summed E-state index contributed by atoms with van der Waals surface area (Å²) in [5.74, 6) is -0.938. The number of amides is 1. The lowest BCUT2D eigenvalue weighted by atomic mass is 9.61. The molecule has 0 saturated heterocycles. The summed E-state index contributed by atoms with van der Waals surface area (Å²) in [5, 5.41) is 15.2. The molecule has 1 aromatic heterocycles. The lowest BCUT2D eigenvalue weighted by molar-refractivity contribution is -0.0384. The number of nitrogens with one attached hydrogen (secondary N) is 1. The van der Waals surface area contributed by atoms with Crippen molar-refractivity contribution >= 4 is 46.0 Å². The van der Waals surface area contributed by atoms with E-state index in [0.29, 0.717) is 35.1 Å². The van der Waals surface area contributed by atoms with Crippen LogP contribution in [0, 0.1) is 22.6 Å². The number of anilines is 1. The zero-order valence-electron chi connectivity index (χ0n) is 20.5. The molecule has 0 aliphatic carbocycles. The molecule has 194 valence electrons. The molecular weight excluding hydrogens is 506 g/mol. The highest BCUT2D eigenvalue weighted by Crippen LogP contribution is 2.51. The number of primary amides is 1. The first-order valence-electron chi connectivity index (χ1n) is 11.8. The maximum Gasteiger partial charge on any atom is 0.404 e. The molecule has 0 fully saturated rings. The number of aliphatic hydroxyl groups excluding tert-OH is 1. The van der Waals surface area contributed by atoms with Crippen molar-refractivity contribution in [2.24, 2.45) is 22.5 Å². The zero-order valence-corrected chi connectivity index (χ0v) is 22.0. The summed E-state index contributed by atoms with van der Waals surface area (Å²) in [7, 11) is 0. The van der Waals surface area contributed by atoms with E-state index in [1.165, 1.54) is 12.1 Å². The predicted molar refractivity (Wildman–Crippen MR) is 140 cm³/mol. The molecule has 0 saturated carbocycles. The van der Waals surface area contributed by atoms with E-state index in [9.17, 15) is 14.3 Å². The van der Waals surface area contributed by atoms with Crippen LogP contribution in [0.15, 0.2) is 36.7 Å². The molecule has 4 rings (SSSR count). The van der Waals surface area contributed by atoms with Gasteiger partial charge in [0.1, 0.15) is 12.4 Å². The van der Waals surface area contributed by atoms with Gasteiger partial charge in [0, 0.05) is 30.1 Å². The number of carbonyl (C=O) groups excluding carboxylic acids is 1. The molecule has 10 heteroatoms. The van der Waals surface area contributed by atoms with Crippen LogP contribution in [0.1, 0.15) is 38.7 Å². The summed E-state index contributed by atoms with van der Waals surface area (Å²) in [5.41, 5.74) is 7.28. The molecule has 3 aromatic rings. The van der Waals surface area contributed by atoms with E-state index in [0.717, 1.165) is 16.8 Å². The number of fused-ring (bicyclic) bond motifs is 2. The Morgan fingerprint density at radius 1 is 1.31 bits per heavy atom. The van der Waals surface area contributed by atoms with Crippen molar-refractivity contribution in [3.63, 3.8) is 0 Å². The predicted octanol–water partition coefficient (Wildman–Crippen LogP) is 5.82. The average Bonchev–Trinajstić information content (AvgIpc) is 3.38. The molecule has 0 spiro atoms. The van der Waals surface area contributed by atoms with Crippen molar-refractivity contribution < 1.29 is 19.0 Å². The average molecular weight is 537 g/mol. The van der Waals surface area contributed by atoms with Gasteiger partial charge in [-0.3, -0.25) is 0 Å². The number of benzene rings is 2. The maximum absolute atomic E-state index is 14.3. The summed E-state index contributed by atoms with van der Waals surface area (Å²) in [6.45, 7) is 6.80. The fraction of sp³-hybridized carbons (Fsp3) is 0.462. The van der Waals surface area contributed by atoms with Crippen molar-refractivity contribution in [1.29, 1.82) is 0 Å². The molecule has 0 radical (unpaired) electrons. The second-order valence-electron chi connectivity index (χ2n) is 10.8. The van der Waals surface area contributed by atoms with E-state index < -0.39 is 11.5 Å². The van der Waals surface area contributed by atoms with Crippen molar-refractivity contribution in [3.05, 3.63) is 58.1 Å². The van der Waals surface area contributed by atoms with Crippen LogP contribution >= 0.6 is 23.2 Å². The molecule has 3 atom stereocenters. The van der Waals surface area contributed by atoms with Gasteiger partial charge in [0.05, 0.1) is 34.0 Å². The number of hydrogen-bond acceptors (Lipinski definition) is 5. The second kappa shape index (κ2) is 10.1. The third-order valence-corrected chi connectivity index (χ3v) is 7.83. The molecule has 1 aliphatic rings. The Labute approximate surface area is 219 Å². The first-order valence-corrected chi connectivity index (χ1v) is 12.6. The van der Waals surface area contributed by atoms with Crippen molar-refractivity contribution in [3.8, 4) is 0 Å². The van der Waals surface area contributed by atoms with Crippen LogP contribution in [0.3, 0.4) is 0 Å². The SMILES string of the molecule is CC(C)(C)C[C@@H](Cn1cnc2cc(Cl)c(Cl)cc21)C(CO)(COC(N)=O)C1CNc2ccc(F)cc21. The quantitative estimate of drug-likeness (QED) is 0.336. The molecule has 2 aromatic carbocycles. The summed E-state index contributed by atoms with van der Waals surface area (Å²) in [6, 6.07) is 8.05. The van der Waals surface area contributed by atoms with Crippen LogP contribution in [0.25, 0.3) is 11.0 Å². The van der Waals surface area contributed by atoms with E-state index in [1.54, 1.807) is 24.5 Å². The highest BCUT2D eigenvalue weighted by molar-refractivity contribution is 6.42. The van der Waals surface area contributed by atoms with Gasteiger partial charge >= 0.3 is 6.09 Å². The molecule has 4 N–H and O–H groups in total. The van der Waals surface area contributed by atoms with Gasteiger partial charge in [-0.2, -0.15) is 0 Å². The van der Waals surface area contributed by atoms with Gasteiger partial charge in [-0.05, 0) is 53.6 Å². The molecule has 1 aliphatic heterocycles. The van der Waals surface area contributed by atoms with Crippen LogP contribution < -0.4 is 11.1 Å². The number of aliphatic hydroxyl groups is 1. The topological polar surface area (TPSA) is 102 Å². The smallest absolute Gasteiger partial charge is 0.404 e. The van der Waals surface area contributed by atoms with Gasteiger partial charge < -0.3 is 25.5 Å². The minimum absolute atomic E-state index is 0.124. The van der Waals surface area contributed by atoms with E-state index in [1.807, 2.05) is 4.57 Å². The van der Waals surface area contributed by atoms with Crippen LogP contribution in [-0.4, -0.2) is 40.5 Å². The van der Waals surface area contributed by atoms with Crippen LogP contribution in [0.2, 0.25) is 10.0 Å². The lowest BCUT2D eigenvalue weighted by Gasteiger charge is -2.45. The third-order valence-electron chi connectivity index (χ3n) is 7.11. The maximum atomic E-state index is 14.3. The van der Waals surface area contributed by atoms with E-state index in [4.69, 9.17) is 33.7 Å². The number of halogens is 3. The number of nitrogens with zero attached hydrogens (tertiary/aromatic N) is 2. The van der Waals surface area contributed by atoms with Crippen LogP contribution in [-0.2, 0) is 11.3 Å². The van der Waals surface area contributed by atoms with Crippen molar-refractivity contribution in [2.75, 3.05) is 25.1 Å². The molecule has 1 amide bonds. The Kier molecular flexibility index (Phi) is 7.42. The van der Waals surface area contributed by atoms with Gasteiger partial charge in [0.25, 0.3) is 0 Å². The number of aromatic nitrogens is 2.